The van der Waals surface area contributed by atoms with Crippen molar-refractivity contribution in [3.8, 4) is 17.4 Å². The summed E-state index contributed by atoms with van der Waals surface area (Å²) in [5.41, 5.74) is 1.35. The van der Waals surface area contributed by atoms with E-state index in [0.29, 0.717) is 54.0 Å². The van der Waals surface area contributed by atoms with Crippen molar-refractivity contribution in [3.63, 3.8) is 0 Å². The van der Waals surface area contributed by atoms with Crippen LogP contribution in [0.25, 0.3) is 0 Å². The largest absolute Gasteiger partial charge is 0.497 e. The summed E-state index contributed by atoms with van der Waals surface area (Å²) in [5.74, 6) is 2.63. The molecule has 4 rings (SSSR count). The number of halogens is 1. The number of methoxy groups -OCH3 is 2. The van der Waals surface area contributed by atoms with Gasteiger partial charge in [0.25, 0.3) is 5.91 Å². The minimum atomic E-state index is -0.614. The number of unbranched alkanes of at least 4 members (excludes halogenated alkanes) is 1. The second kappa shape index (κ2) is 13.4. The van der Waals surface area contributed by atoms with E-state index in [0.717, 1.165) is 43.5 Å². The quantitative estimate of drug-likeness (QED) is 0.328. The average molecular weight is 555 g/mol. The van der Waals surface area contributed by atoms with Crippen molar-refractivity contribution in [1.82, 2.24) is 14.9 Å². The van der Waals surface area contributed by atoms with Gasteiger partial charge < -0.3 is 19.5 Å². The Hall–Kier alpha value is -3.72. The zero-order valence-electron chi connectivity index (χ0n) is 22.7. The summed E-state index contributed by atoms with van der Waals surface area (Å²) in [7, 11) is 3.21. The Balaban J connectivity index is 1.56. The first kappa shape index (κ1) is 28.3. The van der Waals surface area contributed by atoms with Crippen molar-refractivity contribution in [2.75, 3.05) is 32.2 Å². The zero-order chi connectivity index (χ0) is 27.8. The molecule has 1 aliphatic heterocycles. The van der Waals surface area contributed by atoms with E-state index in [-0.39, 0.29) is 11.8 Å². The molecule has 2 aromatic carbocycles. The number of aryl methyl sites for hydroxylation is 1. The maximum Gasteiger partial charge on any atom is 0.414 e. The van der Waals surface area contributed by atoms with E-state index in [9.17, 15) is 9.59 Å². The minimum Gasteiger partial charge on any atom is -0.497 e. The average Bonchev–Trinajstić information content (AvgIpc) is 3.30. The van der Waals surface area contributed by atoms with Crippen LogP contribution < -0.4 is 24.4 Å². The summed E-state index contributed by atoms with van der Waals surface area (Å²) < 4.78 is 18.5. The molecule has 39 heavy (non-hydrogen) atoms. The Kier molecular flexibility index (Phi) is 9.70. The van der Waals surface area contributed by atoms with Gasteiger partial charge in [-0.1, -0.05) is 31.0 Å². The van der Waals surface area contributed by atoms with Crippen molar-refractivity contribution in [2.24, 2.45) is 0 Å². The Labute approximate surface area is 234 Å². The first-order valence-electron chi connectivity index (χ1n) is 13.3. The Morgan fingerprint density at radius 2 is 1.97 bits per heavy atom. The fraction of sp³-hybridized carbons (Fsp3) is 0.414. The molecule has 208 valence electrons. The van der Waals surface area contributed by atoms with E-state index < -0.39 is 6.09 Å². The molecule has 1 aliphatic rings. The van der Waals surface area contributed by atoms with Crippen LogP contribution in [0.1, 0.15) is 54.4 Å². The van der Waals surface area contributed by atoms with E-state index in [4.69, 9.17) is 30.8 Å². The summed E-state index contributed by atoms with van der Waals surface area (Å²) in [5, 5.41) is 3.30. The van der Waals surface area contributed by atoms with Gasteiger partial charge >= 0.3 is 6.09 Å². The Bertz CT molecular complexity index is 1310. The van der Waals surface area contributed by atoms with E-state index in [2.05, 4.69) is 12.2 Å². The molecule has 0 saturated heterocycles. The highest BCUT2D eigenvalue weighted by molar-refractivity contribution is 6.31. The summed E-state index contributed by atoms with van der Waals surface area (Å²) in [4.78, 5) is 33.0. The topological polar surface area (TPSA) is 94.9 Å². The number of amides is 2. The highest BCUT2D eigenvalue weighted by atomic mass is 35.5. The molecular formula is C29H35ClN4O5. The monoisotopic (exact) mass is 554 g/mol. The summed E-state index contributed by atoms with van der Waals surface area (Å²) in [6, 6.07) is 12.4. The van der Waals surface area contributed by atoms with Crippen molar-refractivity contribution in [3.05, 3.63) is 64.4 Å². The molecule has 0 fully saturated rings. The molecule has 1 aromatic heterocycles. The van der Waals surface area contributed by atoms with Crippen LogP contribution in [0.3, 0.4) is 0 Å². The lowest BCUT2D eigenvalue weighted by Gasteiger charge is -2.22. The van der Waals surface area contributed by atoms with Crippen LogP contribution in [-0.4, -0.2) is 48.9 Å². The summed E-state index contributed by atoms with van der Waals surface area (Å²) in [6.45, 7) is 3.48. The van der Waals surface area contributed by atoms with Gasteiger partial charge in [-0.05, 0) is 67.6 Å². The lowest BCUT2D eigenvalue weighted by atomic mass is 10.1. The molecule has 3 aromatic rings. The Morgan fingerprint density at radius 1 is 1.13 bits per heavy atom. The maximum absolute atomic E-state index is 13.6. The normalized spacial score (nSPS) is 12.4. The second-order valence-corrected chi connectivity index (χ2v) is 9.77. The van der Waals surface area contributed by atoms with Crippen LogP contribution in [0.15, 0.2) is 42.5 Å². The standard InChI is InChI=1S/C29H35ClN4O5/c1-4-5-16-34(27(35)21-9-8-10-22(30)18-21)26-28(33-17-7-6-11-25(33)32-26)39-29(36)31-15-14-20-19-23(37-2)12-13-24(20)38-3/h8-10,12-13,18-19H,4-7,11,14-17H2,1-3H3,(H,31,36). The maximum atomic E-state index is 13.6. The van der Waals surface area contributed by atoms with E-state index in [1.165, 1.54) is 0 Å². The molecule has 10 heteroatoms. The van der Waals surface area contributed by atoms with Gasteiger partial charge in [0.1, 0.15) is 17.3 Å². The molecule has 0 bridgehead atoms. The second-order valence-electron chi connectivity index (χ2n) is 9.33. The molecule has 2 amide bonds. The number of anilines is 1. The third-order valence-corrected chi connectivity index (χ3v) is 6.90. The highest BCUT2D eigenvalue weighted by Crippen LogP contribution is 2.34. The predicted octanol–water partition coefficient (Wildman–Crippen LogP) is 5.67. The molecule has 0 radical (unpaired) electrons. The number of rotatable bonds is 11. The number of carbonyl (C=O) groups is 2. The number of nitrogens with zero attached hydrogens (tertiary/aromatic N) is 3. The van der Waals surface area contributed by atoms with E-state index >= 15 is 0 Å². The van der Waals surface area contributed by atoms with Crippen LogP contribution >= 0.6 is 11.6 Å². The molecule has 0 saturated carbocycles. The molecule has 1 N–H and O–H groups in total. The number of hydrogen-bond donors (Lipinski definition) is 1. The number of nitrogens with one attached hydrogen (secondary N) is 1. The van der Waals surface area contributed by atoms with Gasteiger partial charge in [0.2, 0.25) is 5.88 Å². The van der Waals surface area contributed by atoms with Gasteiger partial charge in [0.15, 0.2) is 5.82 Å². The fourth-order valence-electron chi connectivity index (χ4n) is 4.62. The van der Waals surface area contributed by atoms with E-state index in [1.54, 1.807) is 43.4 Å². The van der Waals surface area contributed by atoms with Crippen molar-refractivity contribution < 1.29 is 23.8 Å². The number of hydrogen-bond acceptors (Lipinski definition) is 6. The summed E-state index contributed by atoms with van der Waals surface area (Å²) in [6.07, 6.45) is 4.23. The molecule has 9 nitrogen and oxygen atoms in total. The molecule has 0 atom stereocenters. The first-order valence-corrected chi connectivity index (χ1v) is 13.7. The van der Waals surface area contributed by atoms with Crippen LogP contribution in [0.2, 0.25) is 5.02 Å². The number of imidazole rings is 1. The van der Waals surface area contributed by atoms with Crippen molar-refractivity contribution in [2.45, 2.75) is 52.0 Å². The van der Waals surface area contributed by atoms with Gasteiger partial charge in [-0.2, -0.15) is 0 Å². The number of carbonyl (C=O) groups excluding carboxylic acids is 2. The minimum absolute atomic E-state index is 0.239. The highest BCUT2D eigenvalue weighted by Gasteiger charge is 2.30. The van der Waals surface area contributed by atoms with Crippen molar-refractivity contribution in [1.29, 1.82) is 0 Å². The third kappa shape index (κ3) is 6.84. The molecule has 0 spiro atoms. The number of aromatic nitrogens is 2. The number of fused-ring (bicyclic) bond motifs is 1. The van der Waals surface area contributed by atoms with Gasteiger partial charge in [-0.3, -0.25) is 14.3 Å². The van der Waals surface area contributed by atoms with Crippen LogP contribution in [0.4, 0.5) is 10.6 Å². The number of benzene rings is 2. The lowest BCUT2D eigenvalue weighted by Crippen LogP contribution is -2.34. The SMILES string of the molecule is CCCCN(C(=O)c1cccc(Cl)c1)c1nc2n(c1OC(=O)NCCc1cc(OC)ccc1OC)CCCC2. The zero-order valence-corrected chi connectivity index (χ0v) is 23.4. The molecule has 0 aliphatic carbocycles. The molecular weight excluding hydrogens is 520 g/mol. The molecule has 0 unspecified atom stereocenters. The van der Waals surface area contributed by atoms with Gasteiger partial charge in [0.05, 0.1) is 14.2 Å². The van der Waals surface area contributed by atoms with Crippen molar-refractivity contribution >= 4 is 29.4 Å². The van der Waals surface area contributed by atoms with Gasteiger partial charge in [-0.25, -0.2) is 9.78 Å². The predicted molar refractivity (Wildman–Crippen MR) is 150 cm³/mol. The first-order chi connectivity index (χ1) is 18.9. The van der Waals surface area contributed by atoms with Gasteiger partial charge in [0, 0.05) is 36.6 Å². The fourth-order valence-corrected chi connectivity index (χ4v) is 4.81. The summed E-state index contributed by atoms with van der Waals surface area (Å²) >= 11 is 6.17. The van der Waals surface area contributed by atoms with Crippen LogP contribution in [0, 0.1) is 0 Å². The smallest absolute Gasteiger partial charge is 0.414 e. The molecule has 2 heterocycles. The van der Waals surface area contributed by atoms with Crippen LogP contribution in [0.5, 0.6) is 17.4 Å². The lowest BCUT2D eigenvalue weighted by molar-refractivity contribution is 0.0984. The Morgan fingerprint density at radius 3 is 2.72 bits per heavy atom. The third-order valence-electron chi connectivity index (χ3n) is 6.66. The van der Waals surface area contributed by atoms with E-state index in [1.807, 2.05) is 22.8 Å². The van der Waals surface area contributed by atoms with Crippen LogP contribution in [-0.2, 0) is 19.4 Å². The van der Waals surface area contributed by atoms with Gasteiger partial charge in [-0.15, -0.1) is 0 Å². The number of ether oxygens (including phenoxy) is 3.